The molecule has 4 rings (SSSR count). The molecule has 7 nitrogen and oxygen atoms in total. The molecule has 0 aliphatic carbocycles. The van der Waals surface area contributed by atoms with Crippen LogP contribution in [0.5, 0.6) is 11.8 Å². The number of carbonyl (C=O) groups is 2. The highest BCUT2D eigenvalue weighted by Crippen LogP contribution is 2.28. The number of aromatic nitrogens is 2. The highest BCUT2D eigenvalue weighted by atomic mass is 79.9. The van der Waals surface area contributed by atoms with Gasteiger partial charge in [-0.25, -0.2) is 9.97 Å². The van der Waals surface area contributed by atoms with Gasteiger partial charge in [-0.15, -0.1) is 0 Å². The number of benzene rings is 2. The third kappa shape index (κ3) is 4.60. The Morgan fingerprint density at radius 2 is 1.86 bits per heavy atom. The van der Waals surface area contributed by atoms with Crippen molar-refractivity contribution in [1.82, 2.24) is 9.97 Å². The van der Waals surface area contributed by atoms with Gasteiger partial charge in [0.05, 0.1) is 24.0 Å². The molecule has 2 heterocycles. The molecule has 1 aromatic heterocycles. The van der Waals surface area contributed by atoms with Crippen LogP contribution in [0.2, 0.25) is 0 Å². The number of carbonyl (C=O) groups excluding carboxylic acids is 2. The van der Waals surface area contributed by atoms with Crippen molar-refractivity contribution in [1.29, 1.82) is 0 Å². The van der Waals surface area contributed by atoms with Crippen molar-refractivity contribution in [2.45, 2.75) is 6.42 Å². The van der Waals surface area contributed by atoms with Gasteiger partial charge in [0, 0.05) is 23.1 Å². The smallest absolute Gasteiger partial charge is 0.322 e. The van der Waals surface area contributed by atoms with E-state index in [0.29, 0.717) is 18.0 Å². The van der Waals surface area contributed by atoms with Crippen molar-refractivity contribution in [3.8, 4) is 11.8 Å². The minimum Gasteiger partial charge on any atom is -0.424 e. The lowest BCUT2D eigenvalue weighted by atomic mass is 10.1. The second-order valence-corrected chi connectivity index (χ2v) is 7.46. The maximum atomic E-state index is 12.6. The third-order valence-corrected chi connectivity index (χ3v) is 4.96. The van der Waals surface area contributed by atoms with Crippen LogP contribution in [-0.2, 0) is 9.59 Å². The lowest BCUT2D eigenvalue weighted by molar-refractivity contribution is -0.122. The molecule has 1 aliphatic heterocycles. The van der Waals surface area contributed by atoms with Crippen LogP contribution in [0, 0.1) is 5.92 Å². The predicted octanol–water partition coefficient (Wildman–Crippen LogP) is 4.02. The molecule has 1 saturated heterocycles. The van der Waals surface area contributed by atoms with Gasteiger partial charge < -0.3 is 15.0 Å². The molecule has 1 unspecified atom stereocenters. The van der Waals surface area contributed by atoms with Crippen LogP contribution in [0.15, 0.2) is 71.5 Å². The van der Waals surface area contributed by atoms with Gasteiger partial charge in [0.1, 0.15) is 5.75 Å². The van der Waals surface area contributed by atoms with Crippen molar-refractivity contribution in [3.05, 3.63) is 71.5 Å². The molecule has 8 heteroatoms. The molecule has 0 spiro atoms. The maximum Gasteiger partial charge on any atom is 0.322 e. The molecule has 0 radical (unpaired) electrons. The quantitative estimate of drug-likeness (QED) is 0.631. The second-order valence-electron chi connectivity index (χ2n) is 6.54. The third-order valence-electron chi connectivity index (χ3n) is 4.46. The Morgan fingerprint density at radius 1 is 1.10 bits per heavy atom. The van der Waals surface area contributed by atoms with Crippen LogP contribution < -0.4 is 15.0 Å². The first-order chi connectivity index (χ1) is 14.1. The van der Waals surface area contributed by atoms with Crippen LogP contribution in [0.4, 0.5) is 11.4 Å². The van der Waals surface area contributed by atoms with E-state index in [-0.39, 0.29) is 24.2 Å². The average Bonchev–Trinajstić information content (AvgIpc) is 3.12. The van der Waals surface area contributed by atoms with Gasteiger partial charge in [0.25, 0.3) is 0 Å². The number of nitrogens with zero attached hydrogens (tertiary/aromatic N) is 3. The van der Waals surface area contributed by atoms with Crippen LogP contribution >= 0.6 is 15.9 Å². The van der Waals surface area contributed by atoms with Gasteiger partial charge in [-0.05, 0) is 30.3 Å². The van der Waals surface area contributed by atoms with E-state index >= 15 is 0 Å². The Labute approximate surface area is 175 Å². The Hall–Kier alpha value is -3.26. The van der Waals surface area contributed by atoms with Gasteiger partial charge in [-0.2, -0.15) is 0 Å². The number of nitrogens with one attached hydrogen (secondary N) is 1. The number of rotatable bonds is 5. The van der Waals surface area contributed by atoms with E-state index in [4.69, 9.17) is 4.74 Å². The predicted molar refractivity (Wildman–Crippen MR) is 112 cm³/mol. The second kappa shape index (κ2) is 8.40. The Morgan fingerprint density at radius 3 is 2.59 bits per heavy atom. The van der Waals surface area contributed by atoms with Gasteiger partial charge >= 0.3 is 6.01 Å². The number of hydrogen-bond acceptors (Lipinski definition) is 5. The zero-order valence-corrected chi connectivity index (χ0v) is 16.9. The summed E-state index contributed by atoms with van der Waals surface area (Å²) in [5.41, 5.74) is 1.22. The first-order valence-corrected chi connectivity index (χ1v) is 9.79. The molecule has 1 fully saturated rings. The zero-order chi connectivity index (χ0) is 20.2. The van der Waals surface area contributed by atoms with E-state index in [2.05, 4.69) is 31.2 Å². The van der Waals surface area contributed by atoms with Gasteiger partial charge in [0.2, 0.25) is 11.8 Å². The van der Waals surface area contributed by atoms with E-state index < -0.39 is 5.92 Å². The molecule has 0 saturated carbocycles. The number of amides is 2. The van der Waals surface area contributed by atoms with Crippen LogP contribution in [0.25, 0.3) is 0 Å². The van der Waals surface area contributed by atoms with Crippen molar-refractivity contribution < 1.29 is 14.3 Å². The Kier molecular flexibility index (Phi) is 5.53. The number of anilines is 2. The fourth-order valence-electron chi connectivity index (χ4n) is 3.05. The molecule has 1 atom stereocenters. The first kappa shape index (κ1) is 19.1. The van der Waals surface area contributed by atoms with Crippen molar-refractivity contribution in [2.24, 2.45) is 5.92 Å². The molecule has 146 valence electrons. The summed E-state index contributed by atoms with van der Waals surface area (Å²) in [4.78, 5) is 34.8. The number of para-hydroxylation sites is 1. The number of halogens is 1. The van der Waals surface area contributed by atoms with Gasteiger partial charge in [0.15, 0.2) is 0 Å². The van der Waals surface area contributed by atoms with E-state index in [1.807, 2.05) is 42.5 Å². The van der Waals surface area contributed by atoms with Crippen LogP contribution in [0.3, 0.4) is 0 Å². The van der Waals surface area contributed by atoms with E-state index in [1.165, 1.54) is 12.4 Å². The van der Waals surface area contributed by atoms with Crippen molar-refractivity contribution >= 4 is 39.1 Å². The normalized spacial score (nSPS) is 16.0. The van der Waals surface area contributed by atoms with Crippen LogP contribution in [-0.4, -0.2) is 28.3 Å². The van der Waals surface area contributed by atoms with Crippen molar-refractivity contribution in [2.75, 3.05) is 16.8 Å². The average molecular weight is 453 g/mol. The van der Waals surface area contributed by atoms with Gasteiger partial charge in [-0.1, -0.05) is 40.2 Å². The van der Waals surface area contributed by atoms with E-state index in [9.17, 15) is 9.59 Å². The van der Waals surface area contributed by atoms with E-state index in [1.54, 1.807) is 17.0 Å². The minimum atomic E-state index is -0.443. The number of hydrogen-bond donors (Lipinski definition) is 1. The molecule has 3 aromatic rings. The summed E-state index contributed by atoms with van der Waals surface area (Å²) in [5.74, 6) is -0.134. The summed E-state index contributed by atoms with van der Waals surface area (Å²) in [6.07, 6.45) is 3.12. The van der Waals surface area contributed by atoms with Gasteiger partial charge in [-0.3, -0.25) is 9.59 Å². The summed E-state index contributed by atoms with van der Waals surface area (Å²) in [7, 11) is 0. The maximum absolute atomic E-state index is 12.6. The lowest BCUT2D eigenvalue weighted by Gasteiger charge is -2.17. The summed E-state index contributed by atoms with van der Waals surface area (Å²) in [6, 6.07) is 16.8. The topological polar surface area (TPSA) is 84.4 Å². The molecule has 29 heavy (non-hydrogen) atoms. The lowest BCUT2D eigenvalue weighted by Crippen LogP contribution is -2.28. The summed E-state index contributed by atoms with van der Waals surface area (Å²) in [5, 5.41) is 2.77. The summed E-state index contributed by atoms with van der Waals surface area (Å²) in [6.45, 7) is 0.331. The highest BCUT2D eigenvalue weighted by Gasteiger charge is 2.35. The first-order valence-electron chi connectivity index (χ1n) is 9.00. The fraction of sp³-hybridized carbons (Fsp3) is 0.143. The molecule has 0 bridgehead atoms. The monoisotopic (exact) mass is 452 g/mol. The summed E-state index contributed by atoms with van der Waals surface area (Å²) >= 11 is 3.40. The van der Waals surface area contributed by atoms with Crippen molar-refractivity contribution in [3.63, 3.8) is 0 Å². The molecule has 2 aromatic carbocycles. The minimum absolute atomic E-state index is 0.0777. The van der Waals surface area contributed by atoms with Crippen LogP contribution in [0.1, 0.15) is 6.42 Å². The Bertz CT molecular complexity index is 1030. The Balaban J connectivity index is 1.37. The number of ether oxygens (including phenoxy) is 1. The molecule has 1 N–H and O–H groups in total. The van der Waals surface area contributed by atoms with E-state index in [0.717, 1.165) is 10.2 Å². The fourth-order valence-corrected chi connectivity index (χ4v) is 3.44. The summed E-state index contributed by atoms with van der Waals surface area (Å²) < 4.78 is 6.42. The standard InChI is InChI=1S/C21H17BrN4O3/c22-15-5-4-6-17(10-15)26-13-14(9-19(26)27)20(28)25-16-11-23-21(24-12-16)29-18-7-2-1-3-8-18/h1-8,10-12,14H,9,13H2,(H,25,28). The molecule has 1 aliphatic rings. The molecular weight excluding hydrogens is 436 g/mol. The zero-order valence-electron chi connectivity index (χ0n) is 15.3. The highest BCUT2D eigenvalue weighted by molar-refractivity contribution is 9.10. The molecule has 2 amide bonds. The molecular formula is C21H17BrN4O3. The SMILES string of the molecule is O=C(Nc1cnc(Oc2ccccc2)nc1)C1CC(=O)N(c2cccc(Br)c2)C1. The largest absolute Gasteiger partial charge is 0.424 e.